The van der Waals surface area contributed by atoms with Crippen LogP contribution >= 0.6 is 15.9 Å². The Morgan fingerprint density at radius 1 is 1.16 bits per heavy atom. The van der Waals surface area contributed by atoms with E-state index in [9.17, 15) is 4.79 Å². The van der Waals surface area contributed by atoms with Crippen molar-refractivity contribution in [3.8, 4) is 11.6 Å². The first-order valence-electron chi connectivity index (χ1n) is 7.72. The highest BCUT2D eigenvalue weighted by Crippen LogP contribution is 2.23. The van der Waals surface area contributed by atoms with Crippen molar-refractivity contribution < 1.29 is 9.53 Å². The highest BCUT2D eigenvalue weighted by molar-refractivity contribution is 9.10. The largest absolute Gasteiger partial charge is 0.439 e. The van der Waals surface area contributed by atoms with Gasteiger partial charge in [0.05, 0.1) is 11.6 Å². The van der Waals surface area contributed by atoms with E-state index in [1.54, 1.807) is 24.5 Å². The van der Waals surface area contributed by atoms with Crippen molar-refractivity contribution in [3.63, 3.8) is 0 Å². The SMILES string of the molecule is C[C@@H](NC(=O)c1ccc(Oc2cccc(Br)c2)nc1)c1cccnc1. The Hall–Kier alpha value is -2.73. The first-order valence-corrected chi connectivity index (χ1v) is 8.51. The fourth-order valence-corrected chi connectivity index (χ4v) is 2.60. The summed E-state index contributed by atoms with van der Waals surface area (Å²) in [4.78, 5) is 20.6. The highest BCUT2D eigenvalue weighted by atomic mass is 79.9. The maximum absolute atomic E-state index is 12.3. The number of pyridine rings is 2. The predicted octanol–water partition coefficient (Wildman–Crippen LogP) is 4.52. The van der Waals surface area contributed by atoms with Crippen LogP contribution in [-0.2, 0) is 0 Å². The molecule has 2 heterocycles. The number of nitrogens with zero attached hydrogens (tertiary/aromatic N) is 2. The average molecular weight is 398 g/mol. The summed E-state index contributed by atoms with van der Waals surface area (Å²) >= 11 is 3.39. The van der Waals surface area contributed by atoms with Gasteiger partial charge in [0, 0.05) is 29.1 Å². The molecule has 0 bridgehead atoms. The van der Waals surface area contributed by atoms with E-state index in [-0.39, 0.29) is 11.9 Å². The molecule has 25 heavy (non-hydrogen) atoms. The van der Waals surface area contributed by atoms with E-state index in [2.05, 4.69) is 31.2 Å². The van der Waals surface area contributed by atoms with Gasteiger partial charge in [-0.05, 0) is 42.8 Å². The van der Waals surface area contributed by atoms with E-state index in [1.165, 1.54) is 6.20 Å². The van der Waals surface area contributed by atoms with Crippen LogP contribution in [0.3, 0.4) is 0 Å². The van der Waals surface area contributed by atoms with Gasteiger partial charge in [-0.25, -0.2) is 4.98 Å². The summed E-state index contributed by atoms with van der Waals surface area (Å²) in [6.07, 6.45) is 4.93. The molecule has 5 nitrogen and oxygen atoms in total. The van der Waals surface area contributed by atoms with Gasteiger partial charge in [-0.3, -0.25) is 9.78 Å². The third-order valence-corrected chi connectivity index (χ3v) is 4.04. The zero-order chi connectivity index (χ0) is 17.6. The van der Waals surface area contributed by atoms with Crippen LogP contribution in [-0.4, -0.2) is 15.9 Å². The summed E-state index contributed by atoms with van der Waals surface area (Å²) in [6, 6.07) is 14.5. The molecule has 0 aliphatic heterocycles. The number of benzene rings is 1. The Bertz CT molecular complexity index is 854. The lowest BCUT2D eigenvalue weighted by molar-refractivity contribution is 0.0939. The van der Waals surface area contributed by atoms with Gasteiger partial charge in [-0.15, -0.1) is 0 Å². The molecule has 0 radical (unpaired) electrons. The van der Waals surface area contributed by atoms with Crippen LogP contribution in [0.1, 0.15) is 28.9 Å². The Morgan fingerprint density at radius 3 is 2.72 bits per heavy atom. The average Bonchev–Trinajstić information content (AvgIpc) is 2.63. The molecule has 1 amide bonds. The summed E-state index contributed by atoms with van der Waals surface area (Å²) < 4.78 is 6.58. The zero-order valence-electron chi connectivity index (χ0n) is 13.5. The van der Waals surface area contributed by atoms with Crippen LogP contribution in [0.5, 0.6) is 11.6 Å². The van der Waals surface area contributed by atoms with E-state index in [4.69, 9.17) is 4.74 Å². The molecule has 0 fully saturated rings. The summed E-state index contributed by atoms with van der Waals surface area (Å²) in [5.74, 6) is 0.900. The van der Waals surface area contributed by atoms with Gasteiger partial charge in [0.25, 0.3) is 5.91 Å². The van der Waals surface area contributed by atoms with Crippen LogP contribution in [0, 0.1) is 0 Å². The van der Waals surface area contributed by atoms with Crippen molar-refractivity contribution in [2.45, 2.75) is 13.0 Å². The van der Waals surface area contributed by atoms with Crippen molar-refractivity contribution in [1.29, 1.82) is 0 Å². The zero-order valence-corrected chi connectivity index (χ0v) is 15.1. The molecule has 0 aliphatic rings. The quantitative estimate of drug-likeness (QED) is 0.686. The minimum absolute atomic E-state index is 0.140. The maximum atomic E-state index is 12.3. The second-order valence-electron chi connectivity index (χ2n) is 5.43. The van der Waals surface area contributed by atoms with Crippen molar-refractivity contribution in [1.82, 2.24) is 15.3 Å². The molecule has 1 N–H and O–H groups in total. The molecule has 1 atom stereocenters. The fourth-order valence-electron chi connectivity index (χ4n) is 2.22. The minimum Gasteiger partial charge on any atom is -0.439 e. The van der Waals surface area contributed by atoms with Crippen molar-refractivity contribution in [3.05, 3.63) is 82.7 Å². The molecule has 3 rings (SSSR count). The van der Waals surface area contributed by atoms with Crippen molar-refractivity contribution >= 4 is 21.8 Å². The normalized spacial score (nSPS) is 11.6. The molecular weight excluding hydrogens is 382 g/mol. The molecule has 0 spiro atoms. The lowest BCUT2D eigenvalue weighted by atomic mass is 10.1. The van der Waals surface area contributed by atoms with E-state index in [1.807, 2.05) is 43.3 Å². The van der Waals surface area contributed by atoms with Crippen LogP contribution in [0.4, 0.5) is 0 Å². The second-order valence-corrected chi connectivity index (χ2v) is 6.34. The number of nitrogens with one attached hydrogen (secondary N) is 1. The molecule has 0 saturated carbocycles. The Kier molecular flexibility index (Phi) is 5.40. The van der Waals surface area contributed by atoms with Crippen molar-refractivity contribution in [2.75, 3.05) is 0 Å². The topological polar surface area (TPSA) is 64.1 Å². The number of carbonyl (C=O) groups is 1. The third kappa shape index (κ3) is 4.64. The monoisotopic (exact) mass is 397 g/mol. The Labute approximate surface area is 154 Å². The van der Waals surface area contributed by atoms with Crippen LogP contribution in [0.25, 0.3) is 0 Å². The van der Waals surface area contributed by atoms with E-state index in [0.29, 0.717) is 17.2 Å². The number of ether oxygens (including phenoxy) is 1. The van der Waals surface area contributed by atoms with E-state index in [0.717, 1.165) is 10.0 Å². The molecule has 126 valence electrons. The lowest BCUT2D eigenvalue weighted by Gasteiger charge is -2.14. The molecule has 0 unspecified atom stereocenters. The molecule has 1 aromatic carbocycles. The Morgan fingerprint density at radius 2 is 2.04 bits per heavy atom. The van der Waals surface area contributed by atoms with E-state index >= 15 is 0 Å². The van der Waals surface area contributed by atoms with Gasteiger partial charge in [0.15, 0.2) is 0 Å². The van der Waals surface area contributed by atoms with Gasteiger partial charge in [0.1, 0.15) is 5.75 Å². The van der Waals surface area contributed by atoms with Crippen LogP contribution in [0.15, 0.2) is 71.6 Å². The molecule has 0 aliphatic carbocycles. The lowest BCUT2D eigenvalue weighted by Crippen LogP contribution is -2.26. The molecule has 3 aromatic rings. The third-order valence-electron chi connectivity index (χ3n) is 3.55. The van der Waals surface area contributed by atoms with Gasteiger partial charge in [-0.1, -0.05) is 28.1 Å². The fraction of sp³-hybridized carbons (Fsp3) is 0.105. The maximum Gasteiger partial charge on any atom is 0.253 e. The molecule has 2 aromatic heterocycles. The number of hydrogen-bond acceptors (Lipinski definition) is 4. The smallest absolute Gasteiger partial charge is 0.253 e. The number of halogens is 1. The van der Waals surface area contributed by atoms with Crippen molar-refractivity contribution in [2.24, 2.45) is 0 Å². The number of aromatic nitrogens is 2. The summed E-state index contributed by atoms with van der Waals surface area (Å²) in [5, 5.41) is 2.92. The van der Waals surface area contributed by atoms with Crippen LogP contribution < -0.4 is 10.1 Å². The second kappa shape index (κ2) is 7.90. The van der Waals surface area contributed by atoms with Gasteiger partial charge in [0.2, 0.25) is 5.88 Å². The number of carbonyl (C=O) groups excluding carboxylic acids is 1. The summed E-state index contributed by atoms with van der Waals surface area (Å²) in [6.45, 7) is 1.91. The number of hydrogen-bond donors (Lipinski definition) is 1. The molecule has 6 heteroatoms. The van der Waals surface area contributed by atoms with E-state index < -0.39 is 0 Å². The summed E-state index contributed by atoms with van der Waals surface area (Å²) in [5.41, 5.74) is 1.41. The van der Waals surface area contributed by atoms with Gasteiger partial charge in [-0.2, -0.15) is 0 Å². The van der Waals surface area contributed by atoms with Gasteiger partial charge < -0.3 is 10.1 Å². The standard InChI is InChI=1S/C19H16BrN3O2/c1-13(14-4-3-9-21-11-14)23-19(24)15-7-8-18(22-12-15)25-17-6-2-5-16(20)10-17/h2-13H,1H3,(H,23,24)/t13-/m1/s1. The minimum atomic E-state index is -0.196. The molecular formula is C19H16BrN3O2. The van der Waals surface area contributed by atoms with Gasteiger partial charge >= 0.3 is 0 Å². The predicted molar refractivity (Wildman–Crippen MR) is 98.6 cm³/mol. The number of amides is 1. The first kappa shape index (κ1) is 17.1. The Balaban J connectivity index is 1.64. The number of rotatable bonds is 5. The van der Waals surface area contributed by atoms with Crippen LogP contribution in [0.2, 0.25) is 0 Å². The highest BCUT2D eigenvalue weighted by Gasteiger charge is 2.12. The first-order chi connectivity index (χ1) is 12.1. The molecule has 0 saturated heterocycles. The summed E-state index contributed by atoms with van der Waals surface area (Å²) in [7, 11) is 0.